The maximum absolute atomic E-state index is 12.6. The summed E-state index contributed by atoms with van der Waals surface area (Å²) in [6, 6.07) is 17.1. The van der Waals surface area contributed by atoms with E-state index in [0.717, 1.165) is 33.2 Å². The molecule has 2 heterocycles. The Balaban J connectivity index is 1.49. The van der Waals surface area contributed by atoms with Crippen molar-refractivity contribution in [2.75, 3.05) is 11.1 Å². The van der Waals surface area contributed by atoms with Crippen LogP contribution in [0.5, 0.6) is 0 Å². The fraction of sp³-hybridized carbons (Fsp3) is 0.185. The molecule has 2 amide bonds. The smallest absolute Gasteiger partial charge is 0.255 e. The average Bonchev–Trinajstić information content (AvgIpc) is 2.79. The van der Waals surface area contributed by atoms with E-state index in [0.29, 0.717) is 11.3 Å². The molecule has 0 spiro atoms. The zero-order valence-electron chi connectivity index (χ0n) is 19.4. The molecule has 4 rings (SSSR count). The van der Waals surface area contributed by atoms with Crippen molar-refractivity contribution < 1.29 is 9.59 Å². The number of nitrogens with zero attached hydrogens (tertiary/aromatic N) is 2. The van der Waals surface area contributed by atoms with Gasteiger partial charge in [-0.25, -0.2) is 4.98 Å². The summed E-state index contributed by atoms with van der Waals surface area (Å²) in [4.78, 5) is 33.6. The van der Waals surface area contributed by atoms with Crippen LogP contribution >= 0.6 is 0 Å². The van der Waals surface area contributed by atoms with Crippen LogP contribution in [0.15, 0.2) is 67.0 Å². The summed E-state index contributed by atoms with van der Waals surface area (Å²) in [5.74, 6) is -0.169. The van der Waals surface area contributed by atoms with Gasteiger partial charge >= 0.3 is 0 Å². The second-order valence-corrected chi connectivity index (χ2v) is 8.57. The standard InChI is InChI=1S/C27H27N5O2/c1-16(2)31-27(34)23-14-20(15-30-26(23)28)22-8-7-21(11-17(22)3)32-25(33)13-18-6-9-24-19(12-18)5-4-10-29-24/h4-12,14-16H,13H2,1-3H3,(H2,28,30)(H,31,34)(H,32,33). The van der Waals surface area contributed by atoms with Crippen LogP contribution in [0.1, 0.15) is 35.3 Å². The lowest BCUT2D eigenvalue weighted by Crippen LogP contribution is -2.30. The Bertz CT molecular complexity index is 1380. The highest BCUT2D eigenvalue weighted by Crippen LogP contribution is 2.28. The SMILES string of the molecule is Cc1cc(NC(=O)Cc2ccc3ncccc3c2)ccc1-c1cnc(N)c(C(=O)NC(C)C)c1. The van der Waals surface area contributed by atoms with Crippen LogP contribution in [0.3, 0.4) is 0 Å². The van der Waals surface area contributed by atoms with Gasteiger partial charge in [-0.05, 0) is 73.9 Å². The van der Waals surface area contributed by atoms with Crippen molar-refractivity contribution in [3.8, 4) is 11.1 Å². The van der Waals surface area contributed by atoms with Gasteiger partial charge in [-0.15, -0.1) is 0 Å². The van der Waals surface area contributed by atoms with Gasteiger partial charge in [0.2, 0.25) is 5.91 Å². The number of nitrogens with two attached hydrogens (primary N) is 1. The molecule has 0 aliphatic carbocycles. The average molecular weight is 454 g/mol. The van der Waals surface area contributed by atoms with Gasteiger partial charge in [-0.1, -0.05) is 18.2 Å². The van der Waals surface area contributed by atoms with Crippen molar-refractivity contribution in [2.24, 2.45) is 0 Å². The van der Waals surface area contributed by atoms with Crippen LogP contribution in [-0.4, -0.2) is 27.8 Å². The molecule has 4 aromatic rings. The molecule has 0 atom stereocenters. The van der Waals surface area contributed by atoms with Crippen LogP contribution in [0, 0.1) is 6.92 Å². The predicted molar refractivity (Wildman–Crippen MR) is 136 cm³/mol. The van der Waals surface area contributed by atoms with E-state index in [9.17, 15) is 9.59 Å². The van der Waals surface area contributed by atoms with E-state index in [1.165, 1.54) is 0 Å². The first-order valence-corrected chi connectivity index (χ1v) is 11.1. The van der Waals surface area contributed by atoms with Crippen molar-refractivity contribution in [3.63, 3.8) is 0 Å². The topological polar surface area (TPSA) is 110 Å². The summed E-state index contributed by atoms with van der Waals surface area (Å²) in [6.45, 7) is 5.73. The Morgan fingerprint density at radius 1 is 1.03 bits per heavy atom. The minimum absolute atomic E-state index is 0.00791. The number of aryl methyl sites for hydroxylation is 1. The molecule has 0 fully saturated rings. The number of rotatable bonds is 6. The van der Waals surface area contributed by atoms with Gasteiger partial charge in [-0.2, -0.15) is 0 Å². The van der Waals surface area contributed by atoms with E-state index < -0.39 is 0 Å². The molecule has 172 valence electrons. The number of nitrogen functional groups attached to an aromatic ring is 1. The lowest BCUT2D eigenvalue weighted by atomic mass is 9.99. The van der Waals surface area contributed by atoms with Gasteiger partial charge in [-0.3, -0.25) is 14.6 Å². The van der Waals surface area contributed by atoms with Gasteiger partial charge in [0.1, 0.15) is 5.82 Å². The highest BCUT2D eigenvalue weighted by atomic mass is 16.2. The maximum atomic E-state index is 12.6. The monoisotopic (exact) mass is 453 g/mol. The zero-order valence-corrected chi connectivity index (χ0v) is 19.4. The number of amides is 2. The predicted octanol–water partition coefficient (Wildman–Crippen LogP) is 4.51. The van der Waals surface area contributed by atoms with Crippen molar-refractivity contribution in [2.45, 2.75) is 33.2 Å². The molecular formula is C27H27N5O2. The number of benzene rings is 2. The minimum Gasteiger partial charge on any atom is -0.383 e. The number of hydrogen-bond donors (Lipinski definition) is 3. The van der Waals surface area contributed by atoms with E-state index in [1.54, 1.807) is 18.5 Å². The Morgan fingerprint density at radius 2 is 1.85 bits per heavy atom. The summed E-state index contributed by atoms with van der Waals surface area (Å²) in [5.41, 5.74) is 11.4. The Labute approximate surface area is 198 Å². The number of aromatic nitrogens is 2. The maximum Gasteiger partial charge on any atom is 0.255 e. The highest BCUT2D eigenvalue weighted by Gasteiger charge is 2.15. The molecule has 2 aromatic carbocycles. The van der Waals surface area contributed by atoms with E-state index in [-0.39, 0.29) is 30.1 Å². The molecule has 4 N–H and O–H groups in total. The number of hydrogen-bond acceptors (Lipinski definition) is 5. The second kappa shape index (κ2) is 9.70. The van der Waals surface area contributed by atoms with Crippen molar-refractivity contribution >= 4 is 34.2 Å². The third-order valence-electron chi connectivity index (χ3n) is 5.44. The molecule has 0 radical (unpaired) electrons. The van der Waals surface area contributed by atoms with Gasteiger partial charge in [0, 0.05) is 35.1 Å². The van der Waals surface area contributed by atoms with E-state index >= 15 is 0 Å². The van der Waals surface area contributed by atoms with Gasteiger partial charge < -0.3 is 16.4 Å². The molecule has 0 saturated heterocycles. The quantitative estimate of drug-likeness (QED) is 0.398. The lowest BCUT2D eigenvalue weighted by Gasteiger charge is -2.13. The summed E-state index contributed by atoms with van der Waals surface area (Å²) in [7, 11) is 0. The molecule has 0 aliphatic rings. The zero-order chi connectivity index (χ0) is 24.2. The van der Waals surface area contributed by atoms with Crippen molar-refractivity contribution in [1.29, 1.82) is 0 Å². The van der Waals surface area contributed by atoms with E-state index in [1.807, 2.05) is 69.3 Å². The van der Waals surface area contributed by atoms with Crippen LogP contribution in [0.2, 0.25) is 0 Å². The number of carbonyl (C=O) groups excluding carboxylic acids is 2. The van der Waals surface area contributed by atoms with Gasteiger partial charge in [0.05, 0.1) is 17.5 Å². The number of fused-ring (bicyclic) bond motifs is 1. The number of anilines is 2. The molecule has 0 aliphatic heterocycles. The summed E-state index contributed by atoms with van der Waals surface area (Å²) in [5, 5.41) is 6.81. The van der Waals surface area contributed by atoms with Crippen molar-refractivity contribution in [3.05, 3.63) is 83.7 Å². The summed E-state index contributed by atoms with van der Waals surface area (Å²) in [6.07, 6.45) is 3.67. The number of carbonyl (C=O) groups is 2. The number of pyridine rings is 2. The molecule has 0 bridgehead atoms. The van der Waals surface area contributed by atoms with Crippen LogP contribution in [0.4, 0.5) is 11.5 Å². The normalized spacial score (nSPS) is 10.9. The van der Waals surface area contributed by atoms with Gasteiger partial charge in [0.25, 0.3) is 5.91 Å². The molecule has 7 heteroatoms. The van der Waals surface area contributed by atoms with E-state index in [2.05, 4.69) is 20.6 Å². The van der Waals surface area contributed by atoms with Gasteiger partial charge in [0.15, 0.2) is 0 Å². The van der Waals surface area contributed by atoms with Crippen LogP contribution in [-0.2, 0) is 11.2 Å². The molecule has 2 aromatic heterocycles. The first-order chi connectivity index (χ1) is 16.3. The number of nitrogens with one attached hydrogen (secondary N) is 2. The highest BCUT2D eigenvalue weighted by molar-refractivity contribution is 5.99. The van der Waals surface area contributed by atoms with Crippen LogP contribution < -0.4 is 16.4 Å². The summed E-state index contributed by atoms with van der Waals surface area (Å²) < 4.78 is 0. The Kier molecular flexibility index (Phi) is 6.54. The van der Waals surface area contributed by atoms with Crippen LogP contribution in [0.25, 0.3) is 22.0 Å². The third-order valence-corrected chi connectivity index (χ3v) is 5.44. The first-order valence-electron chi connectivity index (χ1n) is 11.1. The summed E-state index contributed by atoms with van der Waals surface area (Å²) >= 11 is 0. The molecule has 7 nitrogen and oxygen atoms in total. The lowest BCUT2D eigenvalue weighted by molar-refractivity contribution is -0.115. The Hall–Kier alpha value is -4.26. The third kappa shape index (κ3) is 5.20. The first kappa shape index (κ1) is 22.9. The molecule has 0 unspecified atom stereocenters. The molecule has 0 saturated carbocycles. The van der Waals surface area contributed by atoms with E-state index in [4.69, 9.17) is 5.73 Å². The van der Waals surface area contributed by atoms with Crippen molar-refractivity contribution in [1.82, 2.24) is 15.3 Å². The molecule has 34 heavy (non-hydrogen) atoms. The molecular weight excluding hydrogens is 426 g/mol. The minimum atomic E-state index is -0.257. The second-order valence-electron chi connectivity index (χ2n) is 8.57. The fourth-order valence-electron chi connectivity index (χ4n) is 3.84. The fourth-order valence-corrected chi connectivity index (χ4v) is 3.84. The largest absolute Gasteiger partial charge is 0.383 e. The Morgan fingerprint density at radius 3 is 2.62 bits per heavy atom.